The van der Waals surface area contributed by atoms with Gasteiger partial charge in [0.15, 0.2) is 6.23 Å². The summed E-state index contributed by atoms with van der Waals surface area (Å²) in [5.74, 6) is 0.0473. The molecule has 0 radical (unpaired) electrons. The van der Waals surface area contributed by atoms with Crippen molar-refractivity contribution in [3.63, 3.8) is 0 Å². The van der Waals surface area contributed by atoms with Gasteiger partial charge in [0.1, 0.15) is 18.0 Å². The van der Waals surface area contributed by atoms with Crippen LogP contribution in [0.15, 0.2) is 55.0 Å². The van der Waals surface area contributed by atoms with Crippen molar-refractivity contribution in [2.45, 2.75) is 37.5 Å². The summed E-state index contributed by atoms with van der Waals surface area (Å²) in [5.41, 5.74) is 6.29. The van der Waals surface area contributed by atoms with E-state index in [1.165, 1.54) is 6.08 Å². The summed E-state index contributed by atoms with van der Waals surface area (Å²) in [6.07, 6.45) is 0.922. The second kappa shape index (κ2) is 7.11. The molecule has 0 unspecified atom stereocenters. The Labute approximate surface area is 162 Å². The smallest absolute Gasteiger partial charge is 0.347 e. The minimum Gasteiger partial charge on any atom is -0.347 e. The maximum Gasteiger partial charge on any atom is 0.475 e. The third kappa shape index (κ3) is 3.53. The number of carbonyl (C=O) groups excluding carboxylic acids is 1. The fraction of sp³-hybridized carbons (Fsp3) is 0.389. The van der Waals surface area contributed by atoms with Gasteiger partial charge in [0.25, 0.3) is 5.91 Å². The van der Waals surface area contributed by atoms with Gasteiger partial charge in [-0.15, -0.1) is 0 Å². The van der Waals surface area contributed by atoms with Crippen molar-refractivity contribution < 1.29 is 27.7 Å². The Morgan fingerprint density at radius 1 is 1.43 bits per heavy atom. The van der Waals surface area contributed by atoms with Gasteiger partial charge in [0.05, 0.1) is 18.8 Å². The lowest BCUT2D eigenvalue weighted by Gasteiger charge is -2.39. The van der Waals surface area contributed by atoms with Crippen LogP contribution in [-0.2, 0) is 34.3 Å². The molecule has 0 spiro atoms. The minimum absolute atomic E-state index is 0.0103. The van der Waals surface area contributed by atoms with Crippen molar-refractivity contribution in [2.24, 2.45) is 5.73 Å². The van der Waals surface area contributed by atoms with E-state index in [2.05, 4.69) is 11.9 Å². The Hall–Kier alpha value is -2.00. The summed E-state index contributed by atoms with van der Waals surface area (Å²) >= 11 is 0. The third-order valence-electron chi connectivity index (χ3n) is 4.88. The molecule has 4 rings (SSSR count). The summed E-state index contributed by atoms with van der Waals surface area (Å²) in [6, 6.07) is 9.30. The van der Waals surface area contributed by atoms with Crippen LogP contribution < -0.4 is 11.1 Å². The number of fused-ring (bicyclic) bond motifs is 1. The molecular weight excluding hydrogens is 385 g/mol. The summed E-state index contributed by atoms with van der Waals surface area (Å²) in [4.78, 5) is 13.1. The Morgan fingerprint density at radius 2 is 2.18 bits per heavy atom. The molecule has 0 aromatic heterocycles. The first kappa shape index (κ1) is 19.3. The average Bonchev–Trinajstić information content (AvgIpc) is 2.91. The molecule has 3 N–H and O–H groups in total. The van der Waals surface area contributed by atoms with Crippen molar-refractivity contribution in [1.29, 1.82) is 0 Å². The van der Waals surface area contributed by atoms with Gasteiger partial charge >= 0.3 is 7.82 Å². The molecule has 3 aliphatic heterocycles. The van der Waals surface area contributed by atoms with Crippen LogP contribution in [0.3, 0.4) is 0 Å². The van der Waals surface area contributed by atoms with Crippen LogP contribution in [0.2, 0.25) is 0 Å². The Kier molecular flexibility index (Phi) is 4.91. The van der Waals surface area contributed by atoms with E-state index in [1.54, 1.807) is 18.0 Å². The van der Waals surface area contributed by atoms with Gasteiger partial charge in [0, 0.05) is 12.3 Å². The van der Waals surface area contributed by atoms with Crippen LogP contribution in [-0.4, -0.2) is 41.4 Å². The number of phosphoric ester groups is 1. The topological polar surface area (TPSA) is 112 Å². The zero-order valence-corrected chi connectivity index (χ0v) is 16.2. The summed E-state index contributed by atoms with van der Waals surface area (Å²) in [5, 5.41) is 2.60. The van der Waals surface area contributed by atoms with Crippen LogP contribution in [0.1, 0.15) is 12.5 Å². The second-order valence-corrected chi connectivity index (χ2v) is 8.70. The lowest BCUT2D eigenvalue weighted by Crippen LogP contribution is -2.60. The molecule has 1 amide bonds. The lowest BCUT2D eigenvalue weighted by atomic mass is 9.93. The Morgan fingerprint density at radius 3 is 2.89 bits per heavy atom. The van der Waals surface area contributed by atoms with Crippen LogP contribution in [0.4, 0.5) is 0 Å². The highest BCUT2D eigenvalue weighted by Crippen LogP contribution is 2.57. The molecule has 1 aromatic rings. The number of phosphoric acid groups is 1. The maximum atomic E-state index is 12.9. The van der Waals surface area contributed by atoms with Crippen molar-refractivity contribution in [3.05, 3.63) is 60.6 Å². The van der Waals surface area contributed by atoms with Crippen LogP contribution in [0.5, 0.6) is 0 Å². The third-order valence-corrected chi connectivity index (χ3v) is 6.27. The number of rotatable bonds is 4. The molecule has 3 aliphatic rings. The first-order valence-electron chi connectivity index (χ1n) is 8.81. The predicted molar refractivity (Wildman–Crippen MR) is 99.2 cm³/mol. The monoisotopic (exact) mass is 407 g/mol. The summed E-state index contributed by atoms with van der Waals surface area (Å²) in [7, 11) is -3.81. The highest BCUT2D eigenvalue weighted by Gasteiger charge is 2.60. The molecular formula is C18H22N3O6P. The molecule has 0 bridgehead atoms. The summed E-state index contributed by atoms with van der Waals surface area (Å²) < 4.78 is 35.5. The SMILES string of the molecule is C=C1NC(=O)C=CN1[C@@H]1O[C@@H]2CO[P@](=O)(OCc3ccccc3)O[C@H]2[C@@]1(C)N. The molecule has 9 nitrogen and oxygen atoms in total. The molecule has 0 aliphatic carbocycles. The van der Waals surface area contributed by atoms with Crippen molar-refractivity contribution >= 4 is 13.7 Å². The van der Waals surface area contributed by atoms with E-state index in [-0.39, 0.29) is 19.1 Å². The van der Waals surface area contributed by atoms with Crippen LogP contribution in [0.25, 0.3) is 0 Å². The van der Waals surface area contributed by atoms with Crippen LogP contribution >= 0.6 is 7.82 Å². The molecule has 1 aromatic carbocycles. The lowest BCUT2D eigenvalue weighted by molar-refractivity contribution is -0.118. The fourth-order valence-electron chi connectivity index (χ4n) is 3.43. The Balaban J connectivity index is 1.49. The predicted octanol–water partition coefficient (Wildman–Crippen LogP) is 1.59. The number of nitrogens with zero attached hydrogens (tertiary/aromatic N) is 1. The van der Waals surface area contributed by atoms with Crippen molar-refractivity contribution in [2.75, 3.05) is 6.61 Å². The number of amides is 1. The van der Waals surface area contributed by atoms with E-state index >= 15 is 0 Å². The fourth-order valence-corrected chi connectivity index (χ4v) is 4.91. The number of nitrogens with one attached hydrogen (secondary N) is 1. The molecule has 5 atom stereocenters. The first-order chi connectivity index (χ1) is 13.3. The van der Waals surface area contributed by atoms with Gasteiger partial charge in [-0.3, -0.25) is 18.4 Å². The number of nitrogens with two attached hydrogens (primary N) is 1. The van der Waals surface area contributed by atoms with E-state index in [0.717, 1.165) is 5.56 Å². The largest absolute Gasteiger partial charge is 0.475 e. The van der Waals surface area contributed by atoms with E-state index in [4.69, 9.17) is 24.0 Å². The highest BCUT2D eigenvalue weighted by molar-refractivity contribution is 7.48. The standard InChI is InChI=1S/C18H22N3O6P/c1-12-20-15(22)8-9-21(12)17-18(2,19)16-14(26-17)11-25-28(23,27-16)24-10-13-6-4-3-5-7-13/h3-9,14,16-17H,1,10-11,19H2,2H3,(H,20,22)/t14-,16-,17-,18-,28+/m1/s1. The molecule has 2 fully saturated rings. The van der Waals surface area contributed by atoms with E-state index in [1.807, 2.05) is 30.3 Å². The van der Waals surface area contributed by atoms with E-state index in [9.17, 15) is 9.36 Å². The molecule has 2 saturated heterocycles. The Bertz CT molecular complexity index is 858. The molecule has 150 valence electrons. The normalized spacial score (nSPS) is 37.6. The average molecular weight is 407 g/mol. The first-order valence-corrected chi connectivity index (χ1v) is 10.3. The molecule has 10 heteroatoms. The van der Waals surface area contributed by atoms with Crippen LogP contribution in [0, 0.1) is 0 Å². The van der Waals surface area contributed by atoms with Crippen molar-refractivity contribution in [1.82, 2.24) is 10.2 Å². The number of carbonyl (C=O) groups is 1. The maximum absolute atomic E-state index is 12.9. The molecule has 28 heavy (non-hydrogen) atoms. The van der Waals surface area contributed by atoms with Gasteiger partial charge in [-0.2, -0.15) is 0 Å². The van der Waals surface area contributed by atoms with Gasteiger partial charge in [0.2, 0.25) is 0 Å². The van der Waals surface area contributed by atoms with Gasteiger partial charge in [-0.1, -0.05) is 36.9 Å². The number of hydrogen-bond donors (Lipinski definition) is 2. The number of ether oxygens (including phenoxy) is 1. The summed E-state index contributed by atoms with van der Waals surface area (Å²) in [6.45, 7) is 5.64. The number of benzene rings is 1. The zero-order valence-electron chi connectivity index (χ0n) is 15.3. The van der Waals surface area contributed by atoms with E-state index in [0.29, 0.717) is 5.82 Å². The van der Waals surface area contributed by atoms with E-state index < -0.39 is 31.8 Å². The second-order valence-electron chi connectivity index (χ2n) is 7.08. The highest BCUT2D eigenvalue weighted by atomic mass is 31.2. The minimum atomic E-state index is -3.81. The van der Waals surface area contributed by atoms with Gasteiger partial charge in [-0.25, -0.2) is 4.57 Å². The number of hydrogen-bond acceptors (Lipinski definition) is 8. The molecule has 0 saturated carbocycles. The van der Waals surface area contributed by atoms with Crippen molar-refractivity contribution in [3.8, 4) is 0 Å². The van der Waals surface area contributed by atoms with Gasteiger partial charge in [-0.05, 0) is 12.5 Å². The van der Waals surface area contributed by atoms with Gasteiger partial charge < -0.3 is 20.7 Å². The zero-order chi connectivity index (χ0) is 19.9. The quantitative estimate of drug-likeness (QED) is 0.724. The molecule has 3 heterocycles.